The van der Waals surface area contributed by atoms with Crippen LogP contribution in [0.5, 0.6) is 5.75 Å². The number of benzene rings is 2. The van der Waals surface area contributed by atoms with Gasteiger partial charge in [-0.3, -0.25) is 14.5 Å². The van der Waals surface area contributed by atoms with E-state index < -0.39 is 40.0 Å². The first-order chi connectivity index (χ1) is 17.6. The number of hydrogen-bond donors (Lipinski definition) is 2. The maximum Gasteiger partial charge on any atom is 0.325 e. The Morgan fingerprint density at radius 3 is 2.46 bits per heavy atom. The van der Waals surface area contributed by atoms with Crippen LogP contribution >= 0.6 is 0 Å². The lowest BCUT2D eigenvalue weighted by molar-refractivity contribution is -0.133. The van der Waals surface area contributed by atoms with E-state index in [0.29, 0.717) is 18.8 Å². The Morgan fingerprint density at radius 1 is 1.14 bits per heavy atom. The third-order valence-electron chi connectivity index (χ3n) is 6.34. The van der Waals surface area contributed by atoms with E-state index in [0.717, 1.165) is 10.5 Å². The Bertz CT molecular complexity index is 1310. The van der Waals surface area contributed by atoms with Crippen LogP contribution in [0.3, 0.4) is 0 Å². The Morgan fingerprint density at radius 2 is 1.81 bits per heavy atom. The molecule has 198 valence electrons. The summed E-state index contributed by atoms with van der Waals surface area (Å²) in [6.07, 6.45) is 0. The van der Waals surface area contributed by atoms with Crippen LogP contribution in [0.2, 0.25) is 0 Å². The van der Waals surface area contributed by atoms with Gasteiger partial charge in [-0.15, -0.1) is 0 Å². The number of rotatable bonds is 8. The molecule has 0 spiro atoms. The van der Waals surface area contributed by atoms with Crippen molar-refractivity contribution >= 4 is 33.6 Å². The minimum Gasteiger partial charge on any atom is -0.492 e. The van der Waals surface area contributed by atoms with Crippen LogP contribution < -0.4 is 15.4 Å². The second kappa shape index (κ2) is 10.5. The van der Waals surface area contributed by atoms with E-state index in [1.54, 1.807) is 26.0 Å². The van der Waals surface area contributed by atoms with E-state index in [-0.39, 0.29) is 36.0 Å². The van der Waals surface area contributed by atoms with Crippen molar-refractivity contribution in [2.24, 2.45) is 0 Å². The number of morpholine rings is 1. The molecular formula is C25H30N4O7S. The smallest absolute Gasteiger partial charge is 0.325 e. The summed E-state index contributed by atoms with van der Waals surface area (Å²) in [4.78, 5) is 39.6. The average Bonchev–Trinajstić information content (AvgIpc) is 3.09. The van der Waals surface area contributed by atoms with Gasteiger partial charge in [0, 0.05) is 13.1 Å². The first kappa shape index (κ1) is 26.6. The van der Waals surface area contributed by atoms with Gasteiger partial charge in [-0.05, 0) is 44.5 Å². The molecule has 2 aliphatic heterocycles. The van der Waals surface area contributed by atoms with Crippen LogP contribution in [0.1, 0.15) is 25.0 Å². The summed E-state index contributed by atoms with van der Waals surface area (Å²) in [6.45, 7) is 6.02. The van der Waals surface area contributed by atoms with Gasteiger partial charge < -0.3 is 20.1 Å². The van der Waals surface area contributed by atoms with Crippen molar-refractivity contribution in [1.29, 1.82) is 0 Å². The standard InChI is InChI=1S/C25H30N4O7S/c1-4-36-21-10-9-19(37(33,34)28-11-13-35-14-12-28)15-20(21)26-22(30)16-29-23(31)25(3,27-24(29)32)18-7-5-17(2)6-8-18/h5-10,15H,4,11-14,16H2,1-3H3,(H,26,30)(H,27,32)/t25-/m0/s1. The van der Waals surface area contributed by atoms with Gasteiger partial charge >= 0.3 is 6.03 Å². The van der Waals surface area contributed by atoms with E-state index in [9.17, 15) is 22.8 Å². The van der Waals surface area contributed by atoms with Gasteiger partial charge in [-0.25, -0.2) is 13.2 Å². The minimum absolute atomic E-state index is 0.0184. The number of nitrogens with one attached hydrogen (secondary N) is 2. The molecule has 37 heavy (non-hydrogen) atoms. The van der Waals surface area contributed by atoms with E-state index in [4.69, 9.17) is 9.47 Å². The van der Waals surface area contributed by atoms with Gasteiger partial charge in [0.15, 0.2) is 0 Å². The summed E-state index contributed by atoms with van der Waals surface area (Å²) in [7, 11) is -3.82. The zero-order valence-corrected chi connectivity index (χ0v) is 21.8. The highest BCUT2D eigenvalue weighted by atomic mass is 32.2. The number of carbonyl (C=O) groups excluding carboxylic acids is 3. The molecule has 0 radical (unpaired) electrons. The van der Waals surface area contributed by atoms with Crippen LogP contribution in [0.4, 0.5) is 10.5 Å². The number of imide groups is 1. The number of carbonyl (C=O) groups is 3. The van der Waals surface area contributed by atoms with Crippen molar-refractivity contribution < 1.29 is 32.3 Å². The van der Waals surface area contributed by atoms with E-state index in [1.807, 2.05) is 19.1 Å². The minimum atomic E-state index is -3.82. The second-order valence-electron chi connectivity index (χ2n) is 8.97. The molecule has 1 atom stereocenters. The molecule has 4 amide bonds. The molecule has 2 saturated heterocycles. The molecule has 2 heterocycles. The molecule has 11 nitrogen and oxygen atoms in total. The molecule has 2 aromatic carbocycles. The number of hydrogen-bond acceptors (Lipinski definition) is 7. The molecule has 2 N–H and O–H groups in total. The van der Waals surface area contributed by atoms with Crippen molar-refractivity contribution in [3.8, 4) is 5.75 Å². The van der Waals surface area contributed by atoms with Crippen LogP contribution in [-0.4, -0.2) is 74.9 Å². The zero-order chi connectivity index (χ0) is 26.8. The maximum atomic E-state index is 13.2. The molecule has 0 bridgehead atoms. The molecule has 2 aromatic rings. The lowest BCUT2D eigenvalue weighted by Crippen LogP contribution is -2.42. The molecule has 0 saturated carbocycles. The second-order valence-corrected chi connectivity index (χ2v) is 10.9. The number of aryl methyl sites for hydroxylation is 1. The number of urea groups is 1. The summed E-state index contributed by atoms with van der Waals surface area (Å²) in [5.41, 5.74) is 0.408. The van der Waals surface area contributed by atoms with E-state index in [2.05, 4.69) is 10.6 Å². The van der Waals surface area contributed by atoms with Gasteiger partial charge in [-0.2, -0.15) is 4.31 Å². The number of ether oxygens (including phenoxy) is 2. The topological polar surface area (TPSA) is 134 Å². The third-order valence-corrected chi connectivity index (χ3v) is 8.23. The Balaban J connectivity index is 1.54. The highest BCUT2D eigenvalue weighted by Crippen LogP contribution is 2.31. The van der Waals surface area contributed by atoms with Crippen molar-refractivity contribution in [2.75, 3.05) is 44.8 Å². The fourth-order valence-electron chi connectivity index (χ4n) is 4.24. The molecular weight excluding hydrogens is 500 g/mol. The van der Waals surface area contributed by atoms with Gasteiger partial charge in [-0.1, -0.05) is 29.8 Å². The zero-order valence-electron chi connectivity index (χ0n) is 20.9. The highest BCUT2D eigenvalue weighted by molar-refractivity contribution is 7.89. The fraction of sp³-hybridized carbons (Fsp3) is 0.400. The predicted octanol–water partition coefficient (Wildman–Crippen LogP) is 1.82. The van der Waals surface area contributed by atoms with Gasteiger partial charge in [0.1, 0.15) is 17.8 Å². The lowest BCUT2D eigenvalue weighted by Gasteiger charge is -2.26. The number of sulfonamides is 1. The van der Waals surface area contributed by atoms with Crippen LogP contribution in [0.25, 0.3) is 0 Å². The SMILES string of the molecule is CCOc1ccc(S(=O)(=O)N2CCOCC2)cc1NC(=O)CN1C(=O)N[C@@](C)(c2ccc(C)cc2)C1=O. The van der Waals surface area contributed by atoms with Crippen molar-refractivity contribution in [3.05, 3.63) is 53.6 Å². The Hall–Kier alpha value is -3.48. The van der Waals surface area contributed by atoms with Crippen molar-refractivity contribution in [2.45, 2.75) is 31.2 Å². The molecule has 0 aromatic heterocycles. The Kier molecular flexibility index (Phi) is 7.53. The third kappa shape index (κ3) is 5.31. The van der Waals surface area contributed by atoms with Crippen LogP contribution in [0, 0.1) is 6.92 Å². The van der Waals surface area contributed by atoms with Crippen molar-refractivity contribution in [3.63, 3.8) is 0 Å². The summed E-state index contributed by atoms with van der Waals surface area (Å²) in [5.74, 6) is -0.984. The first-order valence-corrected chi connectivity index (χ1v) is 13.4. The maximum absolute atomic E-state index is 13.2. The average molecular weight is 531 g/mol. The monoisotopic (exact) mass is 530 g/mol. The van der Waals surface area contributed by atoms with Gasteiger partial charge in [0.25, 0.3) is 5.91 Å². The number of nitrogens with zero attached hydrogens (tertiary/aromatic N) is 2. The first-order valence-electron chi connectivity index (χ1n) is 11.9. The van der Waals surface area contributed by atoms with Crippen LogP contribution in [0.15, 0.2) is 47.4 Å². The van der Waals surface area contributed by atoms with Crippen LogP contribution in [-0.2, 0) is 29.9 Å². The van der Waals surface area contributed by atoms with Gasteiger partial charge in [0.2, 0.25) is 15.9 Å². The number of anilines is 1. The fourth-order valence-corrected chi connectivity index (χ4v) is 5.68. The molecule has 0 unspecified atom stereocenters. The summed E-state index contributed by atoms with van der Waals surface area (Å²) in [6, 6.07) is 10.7. The summed E-state index contributed by atoms with van der Waals surface area (Å²) >= 11 is 0. The van der Waals surface area contributed by atoms with E-state index in [1.165, 1.54) is 22.5 Å². The molecule has 4 rings (SSSR count). The van der Waals surface area contributed by atoms with Crippen molar-refractivity contribution in [1.82, 2.24) is 14.5 Å². The largest absolute Gasteiger partial charge is 0.492 e. The van der Waals surface area contributed by atoms with E-state index >= 15 is 0 Å². The van der Waals surface area contributed by atoms with Gasteiger partial charge in [0.05, 0.1) is 30.4 Å². The summed E-state index contributed by atoms with van der Waals surface area (Å²) < 4.78 is 38.3. The highest BCUT2D eigenvalue weighted by Gasteiger charge is 2.49. The number of amides is 4. The normalized spacial score (nSPS) is 20.6. The predicted molar refractivity (Wildman–Crippen MR) is 135 cm³/mol. The Labute approximate surface area is 215 Å². The quantitative estimate of drug-likeness (QED) is 0.497. The molecule has 0 aliphatic carbocycles. The summed E-state index contributed by atoms with van der Waals surface area (Å²) in [5, 5.41) is 5.28. The molecule has 12 heteroatoms. The lowest BCUT2D eigenvalue weighted by atomic mass is 9.91. The molecule has 2 fully saturated rings. The molecule has 2 aliphatic rings.